The molecule has 0 amide bonds. The smallest absolute Gasteiger partial charge is 0.159 e. The monoisotopic (exact) mass is 296 g/mol. The minimum atomic E-state index is -0.775. The Morgan fingerprint density at radius 2 is 1.86 bits per heavy atom. The van der Waals surface area contributed by atoms with E-state index in [0.717, 1.165) is 24.9 Å². The van der Waals surface area contributed by atoms with Crippen LogP contribution < -0.4 is 5.32 Å². The lowest BCUT2D eigenvalue weighted by atomic mass is 9.90. The molecule has 1 aromatic carbocycles. The van der Waals surface area contributed by atoms with Gasteiger partial charge in [-0.25, -0.2) is 8.78 Å². The average Bonchev–Trinajstić information content (AvgIpc) is 2.41. The first-order valence-corrected chi connectivity index (χ1v) is 7.85. The van der Waals surface area contributed by atoms with E-state index in [0.29, 0.717) is 18.1 Å². The Morgan fingerprint density at radius 1 is 1.14 bits per heavy atom. The van der Waals surface area contributed by atoms with E-state index < -0.39 is 11.6 Å². The minimum absolute atomic E-state index is 0.144. The molecule has 0 spiro atoms. The van der Waals surface area contributed by atoms with E-state index >= 15 is 0 Å². The molecular weight excluding hydrogens is 270 g/mol. The van der Waals surface area contributed by atoms with Crippen molar-refractivity contribution < 1.29 is 8.78 Å². The molecule has 2 nitrogen and oxygen atoms in total. The number of rotatable bonds is 4. The molecule has 0 radical (unpaired) electrons. The van der Waals surface area contributed by atoms with Gasteiger partial charge < -0.3 is 5.32 Å². The van der Waals surface area contributed by atoms with Crippen LogP contribution in [0.2, 0.25) is 0 Å². The van der Waals surface area contributed by atoms with Crippen LogP contribution in [0.4, 0.5) is 8.78 Å². The Balaban J connectivity index is 2.22. The van der Waals surface area contributed by atoms with Gasteiger partial charge in [0.15, 0.2) is 11.6 Å². The van der Waals surface area contributed by atoms with Crippen molar-refractivity contribution in [1.82, 2.24) is 10.2 Å². The number of nitrogens with zero attached hydrogens (tertiary/aromatic N) is 1. The van der Waals surface area contributed by atoms with Crippen LogP contribution in [-0.4, -0.2) is 29.6 Å². The summed E-state index contributed by atoms with van der Waals surface area (Å²) in [6.07, 6.45) is 2.03. The Morgan fingerprint density at radius 3 is 2.43 bits per heavy atom. The van der Waals surface area contributed by atoms with Crippen molar-refractivity contribution in [2.75, 3.05) is 6.54 Å². The van der Waals surface area contributed by atoms with Crippen LogP contribution in [0.3, 0.4) is 0 Å². The zero-order valence-electron chi connectivity index (χ0n) is 13.4. The summed E-state index contributed by atoms with van der Waals surface area (Å²) in [5.41, 5.74) is 0.873. The maximum Gasteiger partial charge on any atom is 0.159 e. The molecule has 21 heavy (non-hydrogen) atoms. The van der Waals surface area contributed by atoms with Gasteiger partial charge >= 0.3 is 0 Å². The normalized spacial score (nSPS) is 24.0. The first kappa shape index (κ1) is 16.4. The van der Waals surface area contributed by atoms with Gasteiger partial charge in [-0.05, 0) is 44.4 Å². The molecule has 118 valence electrons. The first-order chi connectivity index (χ1) is 9.88. The van der Waals surface area contributed by atoms with Crippen molar-refractivity contribution in [3.63, 3.8) is 0 Å². The standard InChI is InChI=1S/C17H26F2N2/c1-11(2)20-14-7-8-21(12(3)4)17(10-14)13-5-6-15(18)16(19)9-13/h5-6,9,11-12,14,17,20H,7-8,10H2,1-4H3. The van der Waals surface area contributed by atoms with Gasteiger partial charge in [0, 0.05) is 30.7 Å². The molecule has 0 aliphatic carbocycles. The molecule has 2 rings (SSSR count). The average molecular weight is 296 g/mol. The topological polar surface area (TPSA) is 15.3 Å². The van der Waals surface area contributed by atoms with Gasteiger partial charge in [-0.1, -0.05) is 19.9 Å². The zero-order valence-corrected chi connectivity index (χ0v) is 13.4. The number of halogens is 2. The van der Waals surface area contributed by atoms with Gasteiger partial charge in [-0.2, -0.15) is 0 Å². The van der Waals surface area contributed by atoms with E-state index in [-0.39, 0.29) is 6.04 Å². The van der Waals surface area contributed by atoms with Gasteiger partial charge in [0.05, 0.1) is 0 Å². The minimum Gasteiger partial charge on any atom is -0.312 e. The predicted octanol–water partition coefficient (Wildman–Crippen LogP) is 3.88. The fourth-order valence-electron chi connectivity index (χ4n) is 3.27. The second kappa shape index (κ2) is 6.84. The lowest BCUT2D eigenvalue weighted by molar-refractivity contribution is 0.0901. The molecule has 1 aliphatic rings. The van der Waals surface area contributed by atoms with Crippen LogP contribution in [0.5, 0.6) is 0 Å². The molecule has 0 bridgehead atoms. The number of likely N-dealkylation sites (tertiary alicyclic amines) is 1. The molecular formula is C17H26F2N2. The number of hydrogen-bond acceptors (Lipinski definition) is 2. The summed E-state index contributed by atoms with van der Waals surface area (Å²) < 4.78 is 26.7. The van der Waals surface area contributed by atoms with E-state index in [2.05, 4.69) is 37.9 Å². The molecule has 2 unspecified atom stereocenters. The van der Waals surface area contributed by atoms with Crippen molar-refractivity contribution in [3.8, 4) is 0 Å². The van der Waals surface area contributed by atoms with Crippen molar-refractivity contribution in [3.05, 3.63) is 35.4 Å². The third-order valence-electron chi connectivity index (χ3n) is 4.20. The molecule has 1 aliphatic heterocycles. The quantitative estimate of drug-likeness (QED) is 0.907. The van der Waals surface area contributed by atoms with Crippen molar-refractivity contribution in [2.24, 2.45) is 0 Å². The van der Waals surface area contributed by atoms with Gasteiger partial charge in [-0.15, -0.1) is 0 Å². The van der Waals surface area contributed by atoms with E-state index in [9.17, 15) is 8.78 Å². The predicted molar refractivity (Wildman–Crippen MR) is 82.2 cm³/mol. The molecule has 2 atom stereocenters. The zero-order chi connectivity index (χ0) is 15.6. The number of benzene rings is 1. The van der Waals surface area contributed by atoms with Gasteiger partial charge in [0.1, 0.15) is 0 Å². The second-order valence-corrected chi connectivity index (χ2v) is 6.56. The summed E-state index contributed by atoms with van der Waals surface area (Å²) in [7, 11) is 0. The SMILES string of the molecule is CC(C)NC1CCN(C(C)C)C(c2ccc(F)c(F)c2)C1. The number of nitrogens with one attached hydrogen (secondary N) is 1. The third kappa shape index (κ3) is 4.01. The molecule has 1 fully saturated rings. The Labute approximate surface area is 126 Å². The lowest BCUT2D eigenvalue weighted by Crippen LogP contribution is -2.48. The highest BCUT2D eigenvalue weighted by molar-refractivity contribution is 5.22. The van der Waals surface area contributed by atoms with Gasteiger partial charge in [0.2, 0.25) is 0 Å². The van der Waals surface area contributed by atoms with Crippen LogP contribution >= 0.6 is 0 Å². The number of hydrogen-bond donors (Lipinski definition) is 1. The Hall–Kier alpha value is -1.00. The van der Waals surface area contributed by atoms with Crippen LogP contribution in [0.25, 0.3) is 0 Å². The summed E-state index contributed by atoms with van der Waals surface area (Å²) in [4.78, 5) is 2.38. The van der Waals surface area contributed by atoms with Crippen molar-refractivity contribution >= 4 is 0 Å². The van der Waals surface area contributed by atoms with E-state index in [4.69, 9.17) is 0 Å². The van der Waals surface area contributed by atoms with Crippen LogP contribution in [0, 0.1) is 11.6 Å². The highest BCUT2D eigenvalue weighted by Gasteiger charge is 2.31. The molecule has 0 saturated carbocycles. The molecule has 1 aromatic rings. The Bertz CT molecular complexity index is 474. The van der Waals surface area contributed by atoms with E-state index in [1.165, 1.54) is 12.1 Å². The first-order valence-electron chi connectivity index (χ1n) is 7.85. The van der Waals surface area contributed by atoms with Crippen LogP contribution in [-0.2, 0) is 0 Å². The molecule has 1 saturated heterocycles. The van der Waals surface area contributed by atoms with E-state index in [1.54, 1.807) is 6.07 Å². The largest absolute Gasteiger partial charge is 0.312 e. The van der Waals surface area contributed by atoms with Crippen LogP contribution in [0.1, 0.15) is 52.1 Å². The molecule has 1 heterocycles. The third-order valence-corrected chi connectivity index (χ3v) is 4.20. The maximum absolute atomic E-state index is 13.6. The number of piperidine rings is 1. The lowest BCUT2D eigenvalue weighted by Gasteiger charge is -2.43. The fourth-order valence-corrected chi connectivity index (χ4v) is 3.27. The van der Waals surface area contributed by atoms with E-state index in [1.807, 2.05) is 0 Å². The summed E-state index contributed by atoms with van der Waals surface area (Å²) >= 11 is 0. The molecule has 4 heteroatoms. The Kier molecular flexibility index (Phi) is 5.33. The highest BCUT2D eigenvalue weighted by atomic mass is 19.2. The maximum atomic E-state index is 13.6. The van der Waals surface area contributed by atoms with Crippen molar-refractivity contribution in [1.29, 1.82) is 0 Å². The van der Waals surface area contributed by atoms with Crippen molar-refractivity contribution in [2.45, 2.75) is 64.7 Å². The van der Waals surface area contributed by atoms with Crippen LogP contribution in [0.15, 0.2) is 18.2 Å². The summed E-state index contributed by atoms with van der Waals surface area (Å²) in [5, 5.41) is 3.57. The van der Waals surface area contributed by atoms with Gasteiger partial charge in [0.25, 0.3) is 0 Å². The summed E-state index contributed by atoms with van der Waals surface area (Å²) in [6.45, 7) is 9.57. The van der Waals surface area contributed by atoms with Gasteiger partial charge in [-0.3, -0.25) is 4.90 Å². The fraction of sp³-hybridized carbons (Fsp3) is 0.647. The second-order valence-electron chi connectivity index (χ2n) is 6.56. The summed E-state index contributed by atoms with van der Waals surface area (Å²) in [5.74, 6) is -1.53. The molecule has 0 aromatic heterocycles. The molecule has 1 N–H and O–H groups in total. The summed E-state index contributed by atoms with van der Waals surface area (Å²) in [6, 6.07) is 5.71. The highest BCUT2D eigenvalue weighted by Crippen LogP contribution is 2.33.